The highest BCUT2D eigenvalue weighted by Crippen LogP contribution is 2.28. The van der Waals surface area contributed by atoms with E-state index in [0.717, 1.165) is 17.2 Å². The van der Waals surface area contributed by atoms with Gasteiger partial charge in [0.2, 0.25) is 0 Å². The van der Waals surface area contributed by atoms with Crippen molar-refractivity contribution in [2.45, 2.75) is 52.5 Å². The molecule has 17 heavy (non-hydrogen) atoms. The number of hydrogen-bond donors (Lipinski definition) is 1. The van der Waals surface area contributed by atoms with E-state index in [-0.39, 0.29) is 0 Å². The van der Waals surface area contributed by atoms with Crippen molar-refractivity contribution in [2.24, 2.45) is 5.92 Å². The first-order valence-corrected chi connectivity index (χ1v) is 6.73. The average molecular weight is 254 g/mol. The lowest BCUT2D eigenvalue weighted by atomic mass is 9.86. The van der Waals surface area contributed by atoms with Crippen LogP contribution in [0.2, 0.25) is 5.15 Å². The van der Waals surface area contributed by atoms with Crippen LogP contribution in [0.1, 0.15) is 44.0 Å². The maximum absolute atomic E-state index is 6.13. The number of anilines is 1. The number of nitrogens with one attached hydrogen (secondary N) is 1. The van der Waals surface area contributed by atoms with Gasteiger partial charge in [-0.25, -0.2) is 9.97 Å². The first kappa shape index (κ1) is 12.6. The van der Waals surface area contributed by atoms with Gasteiger partial charge >= 0.3 is 0 Å². The molecule has 1 saturated carbocycles. The Kier molecular flexibility index (Phi) is 3.87. The van der Waals surface area contributed by atoms with Gasteiger partial charge in [0.15, 0.2) is 11.0 Å². The summed E-state index contributed by atoms with van der Waals surface area (Å²) in [5.74, 6) is 1.43. The van der Waals surface area contributed by atoms with Gasteiger partial charge in [-0.05, 0) is 32.6 Å². The Bertz CT molecular complexity index is 406. The molecule has 0 spiro atoms. The van der Waals surface area contributed by atoms with Crippen molar-refractivity contribution < 1.29 is 0 Å². The van der Waals surface area contributed by atoms with Crippen molar-refractivity contribution >= 4 is 17.4 Å². The molecule has 2 unspecified atom stereocenters. The maximum Gasteiger partial charge on any atom is 0.171 e. The predicted molar refractivity (Wildman–Crippen MR) is 71.6 cm³/mol. The van der Waals surface area contributed by atoms with Gasteiger partial charge in [0.25, 0.3) is 0 Å². The van der Waals surface area contributed by atoms with E-state index in [0.29, 0.717) is 17.1 Å². The van der Waals surface area contributed by atoms with Crippen LogP contribution in [-0.4, -0.2) is 16.0 Å². The quantitative estimate of drug-likeness (QED) is 0.873. The maximum atomic E-state index is 6.13. The first-order valence-electron chi connectivity index (χ1n) is 6.35. The van der Waals surface area contributed by atoms with Gasteiger partial charge in [0.05, 0.1) is 11.4 Å². The second kappa shape index (κ2) is 5.21. The zero-order valence-electron chi connectivity index (χ0n) is 10.8. The SMILES string of the molecule is Cc1nc(Cl)c(NC2CCCCC2C)nc1C. The summed E-state index contributed by atoms with van der Waals surface area (Å²) in [5, 5.41) is 3.95. The van der Waals surface area contributed by atoms with Crippen LogP contribution in [0, 0.1) is 19.8 Å². The summed E-state index contributed by atoms with van der Waals surface area (Å²) in [6, 6.07) is 0.484. The third-order valence-corrected chi connectivity index (χ3v) is 3.96. The van der Waals surface area contributed by atoms with Crippen LogP contribution in [0.3, 0.4) is 0 Å². The van der Waals surface area contributed by atoms with E-state index in [9.17, 15) is 0 Å². The molecule has 3 nitrogen and oxygen atoms in total. The first-order chi connectivity index (χ1) is 8.08. The van der Waals surface area contributed by atoms with Crippen LogP contribution in [0.15, 0.2) is 0 Å². The third-order valence-electron chi connectivity index (χ3n) is 3.70. The summed E-state index contributed by atoms with van der Waals surface area (Å²) in [5.41, 5.74) is 1.85. The van der Waals surface area contributed by atoms with Crippen molar-refractivity contribution in [1.82, 2.24) is 9.97 Å². The molecule has 2 atom stereocenters. The average Bonchev–Trinajstić information content (AvgIpc) is 2.29. The molecular formula is C13H20ClN3. The molecule has 0 aromatic carbocycles. The number of hydrogen-bond acceptors (Lipinski definition) is 3. The van der Waals surface area contributed by atoms with Gasteiger partial charge in [-0.1, -0.05) is 31.4 Å². The van der Waals surface area contributed by atoms with E-state index in [1.54, 1.807) is 0 Å². The van der Waals surface area contributed by atoms with Gasteiger partial charge in [-0.15, -0.1) is 0 Å². The molecular weight excluding hydrogens is 234 g/mol. The fraction of sp³-hybridized carbons (Fsp3) is 0.692. The lowest BCUT2D eigenvalue weighted by Crippen LogP contribution is -2.31. The summed E-state index contributed by atoms with van der Waals surface area (Å²) < 4.78 is 0. The fourth-order valence-corrected chi connectivity index (χ4v) is 2.60. The van der Waals surface area contributed by atoms with Crippen LogP contribution in [-0.2, 0) is 0 Å². The molecule has 0 amide bonds. The van der Waals surface area contributed by atoms with Crippen molar-refractivity contribution in [3.8, 4) is 0 Å². The zero-order valence-corrected chi connectivity index (χ0v) is 11.5. The van der Waals surface area contributed by atoms with E-state index in [4.69, 9.17) is 11.6 Å². The fourth-order valence-electron chi connectivity index (χ4n) is 2.37. The predicted octanol–water partition coefficient (Wildman–Crippen LogP) is 3.74. The monoisotopic (exact) mass is 253 g/mol. The Balaban J connectivity index is 2.15. The van der Waals surface area contributed by atoms with Gasteiger partial charge in [-0.3, -0.25) is 0 Å². The molecule has 0 aliphatic heterocycles. The van der Waals surface area contributed by atoms with E-state index in [1.807, 2.05) is 13.8 Å². The summed E-state index contributed by atoms with van der Waals surface area (Å²) in [4.78, 5) is 8.80. The van der Waals surface area contributed by atoms with Gasteiger partial charge in [0.1, 0.15) is 0 Å². The van der Waals surface area contributed by atoms with Crippen molar-refractivity contribution in [2.75, 3.05) is 5.32 Å². The summed E-state index contributed by atoms with van der Waals surface area (Å²) >= 11 is 6.13. The van der Waals surface area contributed by atoms with Crippen LogP contribution < -0.4 is 5.32 Å². The summed E-state index contributed by atoms with van der Waals surface area (Å²) in [6.07, 6.45) is 5.11. The third kappa shape index (κ3) is 2.89. The van der Waals surface area contributed by atoms with Gasteiger partial charge in [-0.2, -0.15) is 0 Å². The van der Waals surface area contributed by atoms with Crippen LogP contribution in [0.5, 0.6) is 0 Å². The minimum Gasteiger partial charge on any atom is -0.365 e. The number of nitrogens with zero attached hydrogens (tertiary/aromatic N) is 2. The molecule has 1 N–H and O–H groups in total. The Morgan fingerprint density at radius 3 is 2.47 bits per heavy atom. The standard InChI is InChI=1S/C13H20ClN3/c1-8-6-4-5-7-11(8)17-13-12(14)15-9(2)10(3)16-13/h8,11H,4-7H2,1-3H3,(H,16,17). The topological polar surface area (TPSA) is 37.8 Å². The zero-order chi connectivity index (χ0) is 12.4. The van der Waals surface area contributed by atoms with Crippen molar-refractivity contribution in [1.29, 1.82) is 0 Å². The molecule has 1 aliphatic rings. The van der Waals surface area contributed by atoms with E-state index in [1.165, 1.54) is 25.7 Å². The Hall–Kier alpha value is -0.830. The second-order valence-electron chi connectivity index (χ2n) is 5.05. The highest BCUT2D eigenvalue weighted by Gasteiger charge is 2.22. The van der Waals surface area contributed by atoms with E-state index >= 15 is 0 Å². The molecule has 0 bridgehead atoms. The smallest absolute Gasteiger partial charge is 0.171 e. The molecule has 2 rings (SSSR count). The molecule has 1 heterocycles. The Labute approximate surface area is 108 Å². The highest BCUT2D eigenvalue weighted by molar-refractivity contribution is 6.31. The van der Waals surface area contributed by atoms with Crippen LogP contribution in [0.4, 0.5) is 5.82 Å². The lowest BCUT2D eigenvalue weighted by molar-refractivity contribution is 0.349. The number of aromatic nitrogens is 2. The second-order valence-corrected chi connectivity index (χ2v) is 5.40. The molecule has 1 aromatic rings. The van der Waals surface area contributed by atoms with Crippen LogP contribution >= 0.6 is 11.6 Å². The lowest BCUT2D eigenvalue weighted by Gasteiger charge is -2.30. The Morgan fingerprint density at radius 1 is 1.12 bits per heavy atom. The summed E-state index contributed by atoms with van der Waals surface area (Å²) in [6.45, 7) is 6.19. The normalized spacial score (nSPS) is 24.7. The number of rotatable bonds is 2. The molecule has 1 aromatic heterocycles. The minimum absolute atomic E-state index is 0.484. The summed E-state index contributed by atoms with van der Waals surface area (Å²) in [7, 11) is 0. The van der Waals surface area contributed by atoms with E-state index < -0.39 is 0 Å². The molecule has 94 valence electrons. The molecule has 4 heteroatoms. The molecule has 0 saturated heterocycles. The van der Waals surface area contributed by atoms with Crippen molar-refractivity contribution in [3.63, 3.8) is 0 Å². The Morgan fingerprint density at radius 2 is 1.76 bits per heavy atom. The molecule has 1 aliphatic carbocycles. The molecule has 1 fully saturated rings. The van der Waals surface area contributed by atoms with Gasteiger partial charge < -0.3 is 5.32 Å². The van der Waals surface area contributed by atoms with Gasteiger partial charge in [0, 0.05) is 6.04 Å². The highest BCUT2D eigenvalue weighted by atomic mass is 35.5. The number of halogens is 1. The number of aryl methyl sites for hydroxylation is 2. The van der Waals surface area contributed by atoms with Crippen molar-refractivity contribution in [3.05, 3.63) is 16.5 Å². The minimum atomic E-state index is 0.484. The van der Waals surface area contributed by atoms with Crippen LogP contribution in [0.25, 0.3) is 0 Å². The largest absolute Gasteiger partial charge is 0.365 e. The van der Waals surface area contributed by atoms with E-state index in [2.05, 4.69) is 22.2 Å². The molecule has 0 radical (unpaired) electrons.